The standard InChI is InChI=1S/C10H16N2OS/c1-6-8(11-7(2)14-6)9(13)12-10(3,4)5/h1-5H3,(H,12,13). The summed E-state index contributed by atoms with van der Waals surface area (Å²) < 4.78 is 0. The summed E-state index contributed by atoms with van der Waals surface area (Å²) in [7, 11) is 0. The lowest BCUT2D eigenvalue weighted by molar-refractivity contribution is 0.0914. The minimum Gasteiger partial charge on any atom is -0.346 e. The summed E-state index contributed by atoms with van der Waals surface area (Å²) in [5.74, 6) is -0.0839. The van der Waals surface area contributed by atoms with Crippen LogP contribution in [0.15, 0.2) is 0 Å². The Morgan fingerprint density at radius 2 is 1.93 bits per heavy atom. The van der Waals surface area contributed by atoms with Crippen molar-refractivity contribution >= 4 is 17.2 Å². The number of hydrogen-bond acceptors (Lipinski definition) is 3. The highest BCUT2D eigenvalue weighted by atomic mass is 32.1. The molecule has 0 aliphatic heterocycles. The molecule has 1 aromatic heterocycles. The molecule has 1 N–H and O–H groups in total. The molecule has 0 aliphatic carbocycles. The second kappa shape index (κ2) is 3.69. The highest BCUT2D eigenvalue weighted by molar-refractivity contribution is 7.11. The molecule has 0 radical (unpaired) electrons. The van der Waals surface area contributed by atoms with Crippen LogP contribution in [-0.2, 0) is 0 Å². The van der Waals surface area contributed by atoms with Crippen LogP contribution >= 0.6 is 11.3 Å². The van der Waals surface area contributed by atoms with Crippen molar-refractivity contribution in [1.82, 2.24) is 10.3 Å². The lowest BCUT2D eigenvalue weighted by Crippen LogP contribution is -2.40. The van der Waals surface area contributed by atoms with Crippen LogP contribution in [0.5, 0.6) is 0 Å². The van der Waals surface area contributed by atoms with Gasteiger partial charge in [-0.25, -0.2) is 4.98 Å². The fourth-order valence-electron chi connectivity index (χ4n) is 1.14. The Bertz CT molecular complexity index is 349. The monoisotopic (exact) mass is 212 g/mol. The van der Waals surface area contributed by atoms with Crippen molar-refractivity contribution in [3.8, 4) is 0 Å². The van der Waals surface area contributed by atoms with Gasteiger partial charge in [-0.3, -0.25) is 4.79 Å². The zero-order chi connectivity index (χ0) is 10.9. The normalized spacial score (nSPS) is 11.5. The van der Waals surface area contributed by atoms with Crippen LogP contribution in [-0.4, -0.2) is 16.4 Å². The van der Waals surface area contributed by atoms with Crippen molar-refractivity contribution in [2.45, 2.75) is 40.2 Å². The number of rotatable bonds is 1. The van der Waals surface area contributed by atoms with Crippen LogP contribution in [0.2, 0.25) is 0 Å². The Kier molecular flexibility index (Phi) is 2.95. The number of aryl methyl sites for hydroxylation is 2. The van der Waals surface area contributed by atoms with Gasteiger partial charge in [0.15, 0.2) is 0 Å². The second-order valence-electron chi connectivity index (χ2n) is 4.34. The highest BCUT2D eigenvalue weighted by Gasteiger charge is 2.19. The zero-order valence-corrected chi connectivity index (χ0v) is 10.1. The van der Waals surface area contributed by atoms with E-state index >= 15 is 0 Å². The van der Waals surface area contributed by atoms with Crippen LogP contribution in [0.1, 0.15) is 41.1 Å². The van der Waals surface area contributed by atoms with E-state index in [1.165, 1.54) is 0 Å². The van der Waals surface area contributed by atoms with E-state index in [0.717, 1.165) is 9.88 Å². The Balaban J connectivity index is 2.85. The molecule has 0 aromatic carbocycles. The van der Waals surface area contributed by atoms with E-state index in [4.69, 9.17) is 0 Å². The van der Waals surface area contributed by atoms with Crippen LogP contribution in [0.3, 0.4) is 0 Å². The Morgan fingerprint density at radius 1 is 1.36 bits per heavy atom. The summed E-state index contributed by atoms with van der Waals surface area (Å²) in [4.78, 5) is 16.9. The molecular formula is C10H16N2OS. The van der Waals surface area contributed by atoms with Gasteiger partial charge in [0.2, 0.25) is 0 Å². The summed E-state index contributed by atoms with van der Waals surface area (Å²) >= 11 is 1.55. The molecule has 0 spiro atoms. The van der Waals surface area contributed by atoms with E-state index in [1.54, 1.807) is 11.3 Å². The van der Waals surface area contributed by atoms with Gasteiger partial charge in [-0.15, -0.1) is 11.3 Å². The van der Waals surface area contributed by atoms with Crippen LogP contribution in [0, 0.1) is 13.8 Å². The van der Waals surface area contributed by atoms with E-state index in [2.05, 4.69) is 10.3 Å². The molecule has 0 atom stereocenters. The van der Waals surface area contributed by atoms with Gasteiger partial charge in [-0.2, -0.15) is 0 Å². The van der Waals surface area contributed by atoms with Gasteiger partial charge in [-0.1, -0.05) is 0 Å². The Morgan fingerprint density at radius 3 is 2.29 bits per heavy atom. The quantitative estimate of drug-likeness (QED) is 0.776. The first-order chi connectivity index (χ1) is 6.29. The maximum absolute atomic E-state index is 11.7. The molecule has 4 heteroatoms. The first kappa shape index (κ1) is 11.2. The van der Waals surface area contributed by atoms with Gasteiger partial charge in [0, 0.05) is 10.4 Å². The van der Waals surface area contributed by atoms with Crippen molar-refractivity contribution < 1.29 is 4.79 Å². The van der Waals surface area contributed by atoms with Crippen molar-refractivity contribution in [1.29, 1.82) is 0 Å². The van der Waals surface area contributed by atoms with E-state index in [1.807, 2.05) is 34.6 Å². The molecule has 0 bridgehead atoms. The molecule has 1 rings (SSSR count). The molecule has 78 valence electrons. The number of aromatic nitrogens is 1. The summed E-state index contributed by atoms with van der Waals surface area (Å²) in [6, 6.07) is 0. The molecule has 1 aromatic rings. The number of amides is 1. The summed E-state index contributed by atoms with van der Waals surface area (Å²) in [6.45, 7) is 9.70. The van der Waals surface area contributed by atoms with Gasteiger partial charge < -0.3 is 5.32 Å². The number of thiazole rings is 1. The minimum atomic E-state index is -0.207. The topological polar surface area (TPSA) is 42.0 Å². The average Bonchev–Trinajstić information content (AvgIpc) is 2.26. The van der Waals surface area contributed by atoms with Gasteiger partial charge in [0.05, 0.1) is 5.01 Å². The molecule has 0 fully saturated rings. The third-order valence-corrected chi connectivity index (χ3v) is 2.49. The van der Waals surface area contributed by atoms with Gasteiger partial charge >= 0.3 is 0 Å². The Hall–Kier alpha value is -0.900. The molecule has 1 amide bonds. The molecule has 0 unspecified atom stereocenters. The lowest BCUT2D eigenvalue weighted by Gasteiger charge is -2.19. The zero-order valence-electron chi connectivity index (χ0n) is 9.26. The van der Waals surface area contributed by atoms with Gasteiger partial charge in [0.25, 0.3) is 5.91 Å². The molecule has 0 saturated carbocycles. The number of nitrogens with one attached hydrogen (secondary N) is 1. The highest BCUT2D eigenvalue weighted by Crippen LogP contribution is 2.16. The number of hydrogen-bond donors (Lipinski definition) is 1. The first-order valence-corrected chi connectivity index (χ1v) is 5.38. The molecular weight excluding hydrogens is 196 g/mol. The van der Waals surface area contributed by atoms with Crippen molar-refractivity contribution in [2.24, 2.45) is 0 Å². The fraction of sp³-hybridized carbons (Fsp3) is 0.600. The number of carbonyl (C=O) groups excluding carboxylic acids is 1. The third-order valence-electron chi connectivity index (χ3n) is 1.61. The summed E-state index contributed by atoms with van der Waals surface area (Å²) in [5, 5.41) is 3.83. The van der Waals surface area contributed by atoms with Crippen molar-refractivity contribution in [3.05, 3.63) is 15.6 Å². The van der Waals surface area contributed by atoms with Crippen molar-refractivity contribution in [2.75, 3.05) is 0 Å². The molecule has 1 heterocycles. The van der Waals surface area contributed by atoms with E-state index in [0.29, 0.717) is 5.69 Å². The smallest absolute Gasteiger partial charge is 0.271 e. The minimum absolute atomic E-state index is 0.0839. The predicted octanol–water partition coefficient (Wildman–Crippen LogP) is 2.29. The molecule has 14 heavy (non-hydrogen) atoms. The maximum atomic E-state index is 11.7. The Labute approximate surface area is 88.6 Å². The molecule has 0 saturated heterocycles. The predicted molar refractivity (Wildman–Crippen MR) is 58.8 cm³/mol. The summed E-state index contributed by atoms with van der Waals surface area (Å²) in [6.07, 6.45) is 0. The SMILES string of the molecule is Cc1nc(C(=O)NC(C)(C)C)c(C)s1. The van der Waals surface area contributed by atoms with Crippen LogP contribution in [0.25, 0.3) is 0 Å². The van der Waals surface area contributed by atoms with Crippen LogP contribution in [0.4, 0.5) is 0 Å². The van der Waals surface area contributed by atoms with E-state index in [-0.39, 0.29) is 11.4 Å². The fourth-order valence-corrected chi connectivity index (χ4v) is 1.95. The largest absolute Gasteiger partial charge is 0.346 e. The third kappa shape index (κ3) is 2.80. The number of carbonyl (C=O) groups is 1. The van der Waals surface area contributed by atoms with Crippen LogP contribution < -0.4 is 5.32 Å². The van der Waals surface area contributed by atoms with E-state index in [9.17, 15) is 4.79 Å². The number of nitrogens with zero attached hydrogens (tertiary/aromatic N) is 1. The lowest BCUT2D eigenvalue weighted by atomic mass is 10.1. The van der Waals surface area contributed by atoms with Gasteiger partial charge in [-0.05, 0) is 34.6 Å². The van der Waals surface area contributed by atoms with Crippen molar-refractivity contribution in [3.63, 3.8) is 0 Å². The average molecular weight is 212 g/mol. The van der Waals surface area contributed by atoms with E-state index < -0.39 is 0 Å². The first-order valence-electron chi connectivity index (χ1n) is 4.56. The van der Waals surface area contributed by atoms with Gasteiger partial charge in [0.1, 0.15) is 5.69 Å². The maximum Gasteiger partial charge on any atom is 0.271 e. The summed E-state index contributed by atoms with van der Waals surface area (Å²) in [5.41, 5.74) is 0.351. The molecule has 0 aliphatic rings. The molecule has 3 nitrogen and oxygen atoms in total. The second-order valence-corrected chi connectivity index (χ2v) is 5.75.